The van der Waals surface area contributed by atoms with Crippen LogP contribution in [0.2, 0.25) is 0 Å². The minimum Gasteiger partial charge on any atom is -0.0619 e. The summed E-state index contributed by atoms with van der Waals surface area (Å²) >= 11 is 0. The number of fused-ring (bicyclic) bond motifs is 5. The molecule has 0 bridgehead atoms. The first-order valence-electron chi connectivity index (χ1n) is 5.93. The van der Waals surface area contributed by atoms with Crippen LogP contribution in [0.15, 0.2) is 54.6 Å². The molecular weight excluding hydrogens is 204 g/mol. The summed E-state index contributed by atoms with van der Waals surface area (Å²) in [7, 11) is 0. The Kier molecular flexibility index (Phi) is 1.70. The summed E-state index contributed by atoms with van der Waals surface area (Å²) in [6.45, 7) is 0. The Labute approximate surface area is 101 Å². The first-order valence-corrected chi connectivity index (χ1v) is 5.93. The molecular formula is C17H11. The van der Waals surface area contributed by atoms with E-state index in [9.17, 15) is 0 Å². The Morgan fingerprint density at radius 3 is 2.82 bits per heavy atom. The molecule has 0 heterocycles. The molecule has 0 nitrogen and oxygen atoms in total. The number of hydrogen-bond donors (Lipinski definition) is 0. The van der Waals surface area contributed by atoms with Gasteiger partial charge in [0.15, 0.2) is 0 Å². The van der Waals surface area contributed by atoms with E-state index in [-0.39, 0.29) is 0 Å². The van der Waals surface area contributed by atoms with Crippen molar-refractivity contribution in [3.05, 3.63) is 71.8 Å². The van der Waals surface area contributed by atoms with E-state index in [1.165, 1.54) is 33.0 Å². The SMILES string of the molecule is [c]1ccc2c3c(ccc2c1)Cc1ccccc1-3. The monoisotopic (exact) mass is 215 g/mol. The van der Waals surface area contributed by atoms with Crippen LogP contribution >= 0.6 is 0 Å². The van der Waals surface area contributed by atoms with Crippen molar-refractivity contribution >= 4 is 10.8 Å². The van der Waals surface area contributed by atoms with E-state index in [0.29, 0.717) is 0 Å². The molecule has 0 atom stereocenters. The number of rotatable bonds is 0. The highest BCUT2D eigenvalue weighted by Crippen LogP contribution is 2.40. The second-order valence-corrected chi connectivity index (χ2v) is 4.58. The largest absolute Gasteiger partial charge is 0.0619 e. The van der Waals surface area contributed by atoms with Gasteiger partial charge < -0.3 is 0 Å². The highest BCUT2D eigenvalue weighted by molar-refractivity contribution is 6.00. The standard InChI is InChI=1S/C17H11/c1-3-7-15-12(5-1)9-10-14-11-13-6-2-4-8-16(13)17(14)15/h2-10H,11H2. The van der Waals surface area contributed by atoms with Crippen molar-refractivity contribution in [3.63, 3.8) is 0 Å². The van der Waals surface area contributed by atoms with Crippen LogP contribution in [0.3, 0.4) is 0 Å². The predicted octanol–water partition coefficient (Wildman–Crippen LogP) is 4.21. The van der Waals surface area contributed by atoms with Gasteiger partial charge in [-0.15, -0.1) is 0 Å². The van der Waals surface area contributed by atoms with Crippen molar-refractivity contribution in [2.75, 3.05) is 0 Å². The summed E-state index contributed by atoms with van der Waals surface area (Å²) in [5.74, 6) is 0. The highest BCUT2D eigenvalue weighted by Gasteiger charge is 2.19. The molecule has 0 spiro atoms. The third-order valence-corrected chi connectivity index (χ3v) is 3.62. The fraction of sp³-hybridized carbons (Fsp3) is 0.0588. The molecule has 0 saturated carbocycles. The molecule has 0 N–H and O–H groups in total. The molecule has 79 valence electrons. The van der Waals surface area contributed by atoms with Gasteiger partial charge in [0.2, 0.25) is 0 Å². The molecule has 1 radical (unpaired) electrons. The molecule has 3 aromatic carbocycles. The minimum absolute atomic E-state index is 1.07. The zero-order valence-electron chi connectivity index (χ0n) is 9.40. The predicted molar refractivity (Wildman–Crippen MR) is 71.0 cm³/mol. The Balaban J connectivity index is 2.17. The lowest BCUT2D eigenvalue weighted by molar-refractivity contribution is 1.27. The smallest absolute Gasteiger partial charge is 0.00132 e. The zero-order chi connectivity index (χ0) is 11.2. The van der Waals surface area contributed by atoms with Crippen molar-refractivity contribution in [2.45, 2.75) is 6.42 Å². The lowest BCUT2D eigenvalue weighted by Crippen LogP contribution is -1.81. The Morgan fingerprint density at radius 2 is 1.82 bits per heavy atom. The number of hydrogen-bond acceptors (Lipinski definition) is 0. The maximum absolute atomic E-state index is 3.15. The molecule has 0 saturated heterocycles. The van der Waals surface area contributed by atoms with Crippen LogP contribution in [0.25, 0.3) is 21.9 Å². The van der Waals surface area contributed by atoms with E-state index in [1.807, 2.05) is 6.07 Å². The van der Waals surface area contributed by atoms with Crippen molar-refractivity contribution in [3.8, 4) is 11.1 Å². The first kappa shape index (κ1) is 9.00. The molecule has 0 fully saturated rings. The van der Waals surface area contributed by atoms with Gasteiger partial charge in [0, 0.05) is 0 Å². The van der Waals surface area contributed by atoms with Crippen LogP contribution in [-0.2, 0) is 6.42 Å². The van der Waals surface area contributed by atoms with Gasteiger partial charge in [-0.2, -0.15) is 0 Å². The van der Waals surface area contributed by atoms with Gasteiger partial charge in [-0.05, 0) is 51.6 Å². The van der Waals surface area contributed by atoms with Gasteiger partial charge in [-0.3, -0.25) is 0 Å². The average molecular weight is 215 g/mol. The van der Waals surface area contributed by atoms with Crippen LogP contribution in [0, 0.1) is 6.07 Å². The Bertz CT molecular complexity index is 723. The molecule has 0 aliphatic heterocycles. The normalized spacial score (nSPS) is 12.5. The van der Waals surface area contributed by atoms with E-state index in [1.54, 1.807) is 0 Å². The average Bonchev–Trinajstić information content (AvgIpc) is 2.77. The van der Waals surface area contributed by atoms with Gasteiger partial charge in [0.1, 0.15) is 0 Å². The molecule has 4 rings (SSSR count). The van der Waals surface area contributed by atoms with E-state index < -0.39 is 0 Å². The van der Waals surface area contributed by atoms with E-state index in [4.69, 9.17) is 0 Å². The van der Waals surface area contributed by atoms with Crippen LogP contribution < -0.4 is 0 Å². The Hall–Kier alpha value is -2.08. The fourth-order valence-corrected chi connectivity index (χ4v) is 2.84. The van der Waals surface area contributed by atoms with Gasteiger partial charge in [-0.1, -0.05) is 48.5 Å². The molecule has 0 unspecified atom stereocenters. The van der Waals surface area contributed by atoms with E-state index in [0.717, 1.165) is 6.42 Å². The van der Waals surface area contributed by atoms with E-state index >= 15 is 0 Å². The van der Waals surface area contributed by atoms with Crippen molar-refractivity contribution in [1.29, 1.82) is 0 Å². The van der Waals surface area contributed by atoms with Gasteiger partial charge in [0.25, 0.3) is 0 Å². The molecule has 17 heavy (non-hydrogen) atoms. The van der Waals surface area contributed by atoms with Gasteiger partial charge in [-0.25, -0.2) is 0 Å². The maximum Gasteiger partial charge on any atom is -0.00132 e. The molecule has 0 aromatic heterocycles. The van der Waals surface area contributed by atoms with Crippen LogP contribution in [0.4, 0.5) is 0 Å². The lowest BCUT2D eigenvalue weighted by Gasteiger charge is -2.06. The van der Waals surface area contributed by atoms with Crippen LogP contribution in [-0.4, -0.2) is 0 Å². The van der Waals surface area contributed by atoms with E-state index in [2.05, 4.69) is 54.6 Å². The highest BCUT2D eigenvalue weighted by atomic mass is 14.2. The molecule has 1 aliphatic carbocycles. The summed E-state index contributed by atoms with van der Waals surface area (Å²) in [6, 6.07) is 22.6. The molecule has 1 aliphatic rings. The van der Waals surface area contributed by atoms with Crippen molar-refractivity contribution in [1.82, 2.24) is 0 Å². The second-order valence-electron chi connectivity index (χ2n) is 4.58. The third-order valence-electron chi connectivity index (χ3n) is 3.62. The summed E-state index contributed by atoms with van der Waals surface area (Å²) in [5, 5.41) is 2.63. The molecule has 0 amide bonds. The maximum atomic E-state index is 3.15. The van der Waals surface area contributed by atoms with Crippen LogP contribution in [0.5, 0.6) is 0 Å². The fourth-order valence-electron chi connectivity index (χ4n) is 2.84. The molecule has 0 heteroatoms. The van der Waals surface area contributed by atoms with Crippen molar-refractivity contribution in [2.24, 2.45) is 0 Å². The second kappa shape index (κ2) is 3.21. The quantitative estimate of drug-likeness (QED) is 0.412. The topological polar surface area (TPSA) is 0 Å². The number of benzene rings is 3. The van der Waals surface area contributed by atoms with Crippen LogP contribution in [0.1, 0.15) is 11.1 Å². The zero-order valence-corrected chi connectivity index (χ0v) is 9.40. The summed E-state index contributed by atoms with van der Waals surface area (Å²) < 4.78 is 0. The Morgan fingerprint density at radius 1 is 0.882 bits per heavy atom. The molecule has 3 aromatic rings. The van der Waals surface area contributed by atoms with Gasteiger partial charge in [0.05, 0.1) is 0 Å². The minimum atomic E-state index is 1.07. The summed E-state index contributed by atoms with van der Waals surface area (Å²) in [5.41, 5.74) is 5.72. The summed E-state index contributed by atoms with van der Waals surface area (Å²) in [6.07, 6.45) is 1.07. The van der Waals surface area contributed by atoms with Gasteiger partial charge >= 0.3 is 0 Å². The summed E-state index contributed by atoms with van der Waals surface area (Å²) in [4.78, 5) is 0. The lowest BCUT2D eigenvalue weighted by atomic mass is 9.98. The first-order chi connectivity index (χ1) is 8.43. The van der Waals surface area contributed by atoms with Crippen molar-refractivity contribution < 1.29 is 0 Å². The third kappa shape index (κ3) is 1.18.